The highest BCUT2D eigenvalue weighted by atomic mass is 16.5. The molecule has 3 heterocycles. The van der Waals surface area contributed by atoms with Gasteiger partial charge in [-0.25, -0.2) is 9.78 Å². The van der Waals surface area contributed by atoms with Crippen LogP contribution >= 0.6 is 0 Å². The number of aliphatic carboxylic acids is 1. The molecule has 50 heavy (non-hydrogen) atoms. The first-order chi connectivity index (χ1) is 23.7. The van der Waals surface area contributed by atoms with Crippen molar-refractivity contribution in [2.45, 2.75) is 97.6 Å². The van der Waals surface area contributed by atoms with Gasteiger partial charge in [-0.2, -0.15) is 9.61 Å². The van der Waals surface area contributed by atoms with E-state index in [4.69, 9.17) is 24.3 Å². The van der Waals surface area contributed by atoms with Gasteiger partial charge in [-0.3, -0.25) is 0 Å². The van der Waals surface area contributed by atoms with E-state index >= 15 is 0 Å². The maximum Gasteiger partial charge on any atom is 0.337 e. The van der Waals surface area contributed by atoms with Crippen LogP contribution in [-0.4, -0.2) is 62.7 Å². The van der Waals surface area contributed by atoms with E-state index in [2.05, 4.69) is 63.1 Å². The predicted molar refractivity (Wildman–Crippen MR) is 200 cm³/mol. The van der Waals surface area contributed by atoms with E-state index in [1.54, 1.807) is 10.6 Å². The Morgan fingerprint density at radius 3 is 2.44 bits per heavy atom. The van der Waals surface area contributed by atoms with Crippen LogP contribution in [0.15, 0.2) is 73.8 Å². The molecular weight excluding hydrogens is 628 g/mol. The molecule has 9 heteroatoms. The van der Waals surface area contributed by atoms with E-state index in [1.807, 2.05) is 58.0 Å². The minimum atomic E-state index is -1.24. The monoisotopic (exact) mass is 680 g/mol. The van der Waals surface area contributed by atoms with E-state index in [0.29, 0.717) is 42.4 Å². The Balaban J connectivity index is 1.61. The third kappa shape index (κ3) is 8.45. The number of hydrogen-bond acceptors (Lipinski definition) is 7. The van der Waals surface area contributed by atoms with Crippen LogP contribution < -0.4 is 9.64 Å². The molecule has 0 spiro atoms. The zero-order chi connectivity index (χ0) is 36.2. The summed E-state index contributed by atoms with van der Waals surface area (Å²) in [5, 5.41) is 15.6. The van der Waals surface area contributed by atoms with E-state index in [0.717, 1.165) is 59.4 Å². The second kappa shape index (κ2) is 15.2. The molecule has 1 aliphatic rings. The summed E-state index contributed by atoms with van der Waals surface area (Å²) in [5.74, 6) is 0.438. The molecule has 0 radical (unpaired) electrons. The number of carboxylic acids is 1. The first-order valence-corrected chi connectivity index (χ1v) is 17.5. The lowest BCUT2D eigenvalue weighted by Crippen LogP contribution is -2.45. The van der Waals surface area contributed by atoms with Gasteiger partial charge in [-0.05, 0) is 97.9 Å². The fourth-order valence-corrected chi connectivity index (χ4v) is 6.50. The number of hydrogen-bond donors (Lipinski definition) is 1. The second-order valence-corrected chi connectivity index (χ2v) is 14.6. The van der Waals surface area contributed by atoms with Gasteiger partial charge in [0.1, 0.15) is 11.6 Å². The number of aromatic nitrogens is 3. The average Bonchev–Trinajstić information content (AvgIpc) is 3.49. The van der Waals surface area contributed by atoms with Gasteiger partial charge in [0.2, 0.25) is 0 Å². The smallest absolute Gasteiger partial charge is 0.337 e. The Hall–Kier alpha value is -4.47. The molecule has 5 rings (SSSR count). The van der Waals surface area contributed by atoms with Crippen LogP contribution in [0.4, 0.5) is 5.82 Å². The normalized spacial score (nSPS) is 15.9. The molecule has 1 aliphatic heterocycles. The first kappa shape index (κ1) is 36.8. The highest BCUT2D eigenvalue weighted by Gasteiger charge is 2.37. The average molecular weight is 681 g/mol. The topological polar surface area (TPSA) is 98.4 Å². The highest BCUT2D eigenvalue weighted by Crippen LogP contribution is 2.39. The lowest BCUT2D eigenvalue weighted by atomic mass is 9.92. The van der Waals surface area contributed by atoms with Gasteiger partial charge in [0.05, 0.1) is 35.2 Å². The van der Waals surface area contributed by atoms with Gasteiger partial charge in [0.15, 0.2) is 11.8 Å². The summed E-state index contributed by atoms with van der Waals surface area (Å²) >= 11 is 0. The van der Waals surface area contributed by atoms with Crippen LogP contribution in [-0.2, 0) is 14.3 Å². The fourth-order valence-electron chi connectivity index (χ4n) is 6.50. The first-order valence-electron chi connectivity index (χ1n) is 17.5. The molecule has 0 bridgehead atoms. The number of benzene rings is 2. The molecule has 1 saturated heterocycles. The lowest BCUT2D eigenvalue weighted by Gasteiger charge is -2.41. The fraction of sp³-hybridized carbons (Fsp3) is 0.439. The van der Waals surface area contributed by atoms with E-state index in [9.17, 15) is 9.90 Å². The van der Waals surface area contributed by atoms with Crippen molar-refractivity contribution in [3.8, 4) is 28.1 Å². The van der Waals surface area contributed by atoms with Crippen molar-refractivity contribution in [1.82, 2.24) is 14.6 Å². The number of carboxylic acid groups (broad SMARTS) is 1. The molecule has 9 nitrogen and oxygen atoms in total. The number of allylic oxidation sites excluding steroid dienone is 1. The number of nitrogens with zero attached hydrogens (tertiary/aromatic N) is 4. The summed E-state index contributed by atoms with van der Waals surface area (Å²) in [6.07, 6.45) is 5.76. The SMILES string of the molecule is C=CCC[C@H](C)Oc1ccc(C)cc1-c1cccc(-c2cc3nc(C)c(C(OC(C)(C)C)C(=O)O)c(N4CCC(C)(OCC=C)CC4)n3n2)c1. The van der Waals surface area contributed by atoms with Crippen molar-refractivity contribution in [1.29, 1.82) is 0 Å². The molecule has 0 saturated carbocycles. The van der Waals surface area contributed by atoms with Gasteiger partial charge in [0.25, 0.3) is 0 Å². The van der Waals surface area contributed by atoms with Crippen LogP contribution in [0.1, 0.15) is 83.2 Å². The molecule has 2 aromatic heterocycles. The van der Waals surface area contributed by atoms with Crippen LogP contribution in [0.3, 0.4) is 0 Å². The highest BCUT2D eigenvalue weighted by molar-refractivity contribution is 5.80. The molecule has 1 unspecified atom stereocenters. The zero-order valence-electron chi connectivity index (χ0n) is 30.7. The van der Waals surface area contributed by atoms with Gasteiger partial charge in [0, 0.05) is 36.0 Å². The van der Waals surface area contributed by atoms with E-state index in [1.165, 1.54) is 0 Å². The predicted octanol–water partition coefficient (Wildman–Crippen LogP) is 8.92. The quantitative estimate of drug-likeness (QED) is 0.132. The zero-order valence-corrected chi connectivity index (χ0v) is 30.7. The summed E-state index contributed by atoms with van der Waals surface area (Å²) in [4.78, 5) is 20.0. The summed E-state index contributed by atoms with van der Waals surface area (Å²) in [7, 11) is 0. The Morgan fingerprint density at radius 2 is 1.78 bits per heavy atom. The minimum absolute atomic E-state index is 0.0381. The Morgan fingerprint density at radius 1 is 1.06 bits per heavy atom. The summed E-state index contributed by atoms with van der Waals surface area (Å²) in [5.41, 5.74) is 5.51. The summed E-state index contributed by atoms with van der Waals surface area (Å²) in [6.45, 7) is 23.1. The molecule has 266 valence electrons. The van der Waals surface area contributed by atoms with Gasteiger partial charge in [-0.15, -0.1) is 13.2 Å². The lowest BCUT2D eigenvalue weighted by molar-refractivity contribution is -0.160. The van der Waals surface area contributed by atoms with Crippen LogP contribution in [0, 0.1) is 13.8 Å². The number of rotatable bonds is 14. The molecule has 4 aromatic rings. The third-order valence-electron chi connectivity index (χ3n) is 9.14. The number of ether oxygens (including phenoxy) is 3. The van der Waals surface area contributed by atoms with Crippen LogP contribution in [0.25, 0.3) is 28.0 Å². The Labute approximate surface area is 296 Å². The molecule has 0 amide bonds. The molecule has 2 atom stereocenters. The van der Waals surface area contributed by atoms with Crippen molar-refractivity contribution in [2.24, 2.45) is 0 Å². The number of anilines is 1. The van der Waals surface area contributed by atoms with Crippen molar-refractivity contribution in [3.63, 3.8) is 0 Å². The molecule has 0 aliphatic carbocycles. The molecule has 1 N–H and O–H groups in total. The molecular formula is C41H52N4O5. The van der Waals surface area contributed by atoms with Crippen molar-refractivity contribution < 1.29 is 24.1 Å². The number of piperidine rings is 1. The summed E-state index contributed by atoms with van der Waals surface area (Å²) in [6, 6.07) is 16.5. The van der Waals surface area contributed by atoms with E-state index < -0.39 is 17.7 Å². The number of carbonyl (C=O) groups is 1. The van der Waals surface area contributed by atoms with Crippen molar-refractivity contribution in [3.05, 3.63) is 90.7 Å². The van der Waals surface area contributed by atoms with Gasteiger partial charge < -0.3 is 24.2 Å². The minimum Gasteiger partial charge on any atom is -0.490 e. The molecule has 1 fully saturated rings. The largest absolute Gasteiger partial charge is 0.490 e. The third-order valence-corrected chi connectivity index (χ3v) is 9.14. The second-order valence-electron chi connectivity index (χ2n) is 14.6. The Kier molecular flexibility index (Phi) is 11.2. The number of fused-ring (bicyclic) bond motifs is 1. The van der Waals surface area contributed by atoms with Gasteiger partial charge in [-0.1, -0.05) is 42.0 Å². The molecule has 2 aromatic carbocycles. The standard InChI is InChI=1S/C41H52N4O5/c1-10-12-14-28(4)49-34-18-17-27(3)24-32(34)30-15-13-16-31(25-30)33-26-35-42-29(5)36(37(39(46)47)50-40(6,7)8)38(45(35)43-33)44-21-19-41(9,20-22-44)48-23-11-2/h10-11,13,15-18,24-26,28,37H,1-2,12,14,19-23H2,3-9H3,(H,46,47)/t28-,37?/m0/s1. The Bertz CT molecular complexity index is 1850. The van der Waals surface area contributed by atoms with Crippen LogP contribution in [0.2, 0.25) is 0 Å². The number of aryl methyl sites for hydroxylation is 2. The van der Waals surface area contributed by atoms with Crippen molar-refractivity contribution in [2.75, 3.05) is 24.6 Å². The van der Waals surface area contributed by atoms with E-state index in [-0.39, 0.29) is 11.7 Å². The van der Waals surface area contributed by atoms with Gasteiger partial charge >= 0.3 is 5.97 Å². The van der Waals surface area contributed by atoms with Crippen LogP contribution in [0.5, 0.6) is 5.75 Å². The summed E-state index contributed by atoms with van der Waals surface area (Å²) < 4.78 is 20.6. The van der Waals surface area contributed by atoms with Crippen molar-refractivity contribution >= 4 is 17.4 Å². The maximum absolute atomic E-state index is 12.8. The maximum atomic E-state index is 12.8.